The Bertz CT molecular complexity index is 1080. The molecule has 1 aliphatic rings. The van der Waals surface area contributed by atoms with Gasteiger partial charge in [-0.25, -0.2) is 19.4 Å². The number of nitrogens with one attached hydrogen (secondary N) is 3. The normalized spacial score (nSPS) is 25.8. The van der Waals surface area contributed by atoms with Crippen LogP contribution >= 0.6 is 7.67 Å². The first-order valence-corrected chi connectivity index (χ1v) is 12.8. The molecule has 204 valence electrons. The lowest BCUT2D eigenvalue weighted by Crippen LogP contribution is -2.43. The van der Waals surface area contributed by atoms with E-state index in [2.05, 4.69) is 10.2 Å². The van der Waals surface area contributed by atoms with E-state index in [1.54, 1.807) is 13.8 Å². The SMILES string of the molecule is CCOC(=O)[C@H](C)NP(=O)(N[C@@H](C)C(=O)OCC)OC[C@]1(F)C[C@@](C)(O)[C@H](n2ccc(=O)[nH]c2=O)O1. The lowest BCUT2D eigenvalue weighted by molar-refractivity contribution is -0.182. The average molecular weight is 538 g/mol. The highest BCUT2D eigenvalue weighted by Gasteiger charge is 2.56. The topological polar surface area (TPSA) is 187 Å². The minimum Gasteiger partial charge on any atom is -0.465 e. The third-order valence-electron chi connectivity index (χ3n) is 5.05. The van der Waals surface area contributed by atoms with Gasteiger partial charge in [0.2, 0.25) is 5.85 Å². The number of nitrogens with zero attached hydrogens (tertiary/aromatic N) is 1. The van der Waals surface area contributed by atoms with Crippen molar-refractivity contribution in [3.8, 4) is 0 Å². The summed E-state index contributed by atoms with van der Waals surface area (Å²) in [4.78, 5) is 49.5. The smallest absolute Gasteiger partial charge is 0.342 e. The van der Waals surface area contributed by atoms with Gasteiger partial charge in [0.25, 0.3) is 5.56 Å². The van der Waals surface area contributed by atoms with Crippen LogP contribution in [0.25, 0.3) is 0 Å². The molecule has 2 rings (SSSR count). The Kier molecular flexibility index (Phi) is 9.73. The van der Waals surface area contributed by atoms with Crippen LogP contribution in [0.2, 0.25) is 0 Å². The van der Waals surface area contributed by atoms with E-state index < -0.39 is 73.7 Å². The molecule has 0 aromatic carbocycles. The predicted molar refractivity (Wildman–Crippen MR) is 123 cm³/mol. The van der Waals surface area contributed by atoms with Gasteiger partial charge in [-0.1, -0.05) is 0 Å². The number of aromatic amines is 1. The number of aromatic nitrogens is 2. The van der Waals surface area contributed by atoms with Crippen molar-refractivity contribution in [2.24, 2.45) is 0 Å². The first-order chi connectivity index (χ1) is 16.6. The minimum atomic E-state index is -4.35. The van der Waals surface area contributed by atoms with Crippen molar-refractivity contribution in [2.75, 3.05) is 19.8 Å². The Morgan fingerprint density at radius 1 is 1.25 bits per heavy atom. The molecule has 0 unspecified atom stereocenters. The number of H-pyrrole nitrogens is 1. The van der Waals surface area contributed by atoms with Gasteiger partial charge in [-0.15, -0.1) is 0 Å². The molecule has 14 nitrogen and oxygen atoms in total. The molecule has 0 bridgehead atoms. The second kappa shape index (κ2) is 11.8. The maximum atomic E-state index is 15.7. The number of hydrogen-bond acceptors (Lipinski definition) is 10. The summed E-state index contributed by atoms with van der Waals surface area (Å²) >= 11 is 0. The maximum Gasteiger partial charge on any atom is 0.342 e. The molecule has 0 radical (unpaired) electrons. The zero-order chi connectivity index (χ0) is 27.3. The molecule has 1 aromatic heterocycles. The van der Waals surface area contributed by atoms with Gasteiger partial charge in [0.05, 0.1) is 13.2 Å². The van der Waals surface area contributed by atoms with Crippen molar-refractivity contribution in [1.82, 2.24) is 19.7 Å². The Morgan fingerprint density at radius 3 is 2.25 bits per heavy atom. The number of carbonyl (C=O) groups excluding carboxylic acids is 2. The summed E-state index contributed by atoms with van der Waals surface area (Å²) < 4.78 is 50.3. The summed E-state index contributed by atoms with van der Waals surface area (Å²) in [6.07, 6.45) is -1.24. The summed E-state index contributed by atoms with van der Waals surface area (Å²) in [6, 6.07) is -1.38. The average Bonchev–Trinajstić information content (AvgIpc) is 3.01. The van der Waals surface area contributed by atoms with E-state index in [1.165, 1.54) is 20.8 Å². The number of hydrogen-bond donors (Lipinski definition) is 4. The molecular formula is C20H32FN4O10P. The summed E-state index contributed by atoms with van der Waals surface area (Å²) in [7, 11) is -4.35. The molecular weight excluding hydrogens is 506 g/mol. The van der Waals surface area contributed by atoms with Crippen LogP contribution < -0.4 is 21.4 Å². The van der Waals surface area contributed by atoms with Crippen molar-refractivity contribution in [3.63, 3.8) is 0 Å². The van der Waals surface area contributed by atoms with Gasteiger partial charge in [0.15, 0.2) is 6.23 Å². The first kappa shape index (κ1) is 29.8. The maximum absolute atomic E-state index is 15.7. The van der Waals surface area contributed by atoms with Crippen LogP contribution in [0.3, 0.4) is 0 Å². The molecule has 1 aromatic rings. The Balaban J connectivity index is 2.25. The highest BCUT2D eigenvalue weighted by molar-refractivity contribution is 7.54. The fraction of sp³-hybridized carbons (Fsp3) is 0.700. The summed E-state index contributed by atoms with van der Waals surface area (Å²) in [6.45, 7) is 6.05. The van der Waals surface area contributed by atoms with Crippen molar-refractivity contribution in [2.45, 2.75) is 70.8 Å². The van der Waals surface area contributed by atoms with E-state index in [4.69, 9.17) is 18.7 Å². The fourth-order valence-electron chi connectivity index (χ4n) is 3.49. The second-order valence-corrected chi connectivity index (χ2v) is 10.3. The summed E-state index contributed by atoms with van der Waals surface area (Å²) in [5.74, 6) is -4.32. The van der Waals surface area contributed by atoms with Crippen LogP contribution in [0.15, 0.2) is 21.9 Å². The van der Waals surface area contributed by atoms with Crippen LogP contribution in [0, 0.1) is 0 Å². The largest absolute Gasteiger partial charge is 0.465 e. The van der Waals surface area contributed by atoms with Crippen molar-refractivity contribution < 1.29 is 42.4 Å². The zero-order valence-corrected chi connectivity index (χ0v) is 21.5. The fourth-order valence-corrected chi connectivity index (χ4v) is 5.32. The van der Waals surface area contributed by atoms with E-state index in [0.717, 1.165) is 16.8 Å². The molecule has 1 saturated heterocycles. The molecule has 5 atom stereocenters. The van der Waals surface area contributed by atoms with Crippen molar-refractivity contribution in [3.05, 3.63) is 33.1 Å². The number of aliphatic hydroxyl groups is 1. The monoisotopic (exact) mass is 538 g/mol. The van der Waals surface area contributed by atoms with Gasteiger partial charge in [0, 0.05) is 18.7 Å². The van der Waals surface area contributed by atoms with Gasteiger partial charge >= 0.3 is 25.3 Å². The first-order valence-electron chi connectivity index (χ1n) is 11.2. The van der Waals surface area contributed by atoms with Crippen LogP contribution in [0.1, 0.15) is 47.3 Å². The number of ether oxygens (including phenoxy) is 3. The molecule has 2 heterocycles. The van der Waals surface area contributed by atoms with Gasteiger partial charge in [-0.3, -0.25) is 28.5 Å². The van der Waals surface area contributed by atoms with E-state index in [-0.39, 0.29) is 13.2 Å². The standard InChI is InChI=1S/C20H32FN4O10P/c1-6-32-15(27)12(3)23-36(31,24-13(4)16(28)33-7-2)34-11-20(21)10-19(5,30)17(35-20)25-9-8-14(26)22-18(25)29/h8-9,12-13,17,30H,6-7,10-11H2,1-5H3,(H,22,26,29)(H2,23,24,31)/t12-,13-,17+,19+,20-/m0/s1. The Morgan fingerprint density at radius 2 is 1.78 bits per heavy atom. The van der Waals surface area contributed by atoms with Gasteiger partial charge in [-0.2, -0.15) is 0 Å². The highest BCUT2D eigenvalue weighted by Crippen LogP contribution is 2.48. The highest BCUT2D eigenvalue weighted by atomic mass is 31.2. The Hall–Kier alpha value is -2.42. The molecule has 36 heavy (non-hydrogen) atoms. The molecule has 16 heteroatoms. The van der Waals surface area contributed by atoms with E-state index in [0.29, 0.717) is 0 Å². The summed E-state index contributed by atoms with van der Waals surface area (Å²) in [5.41, 5.74) is -3.59. The third kappa shape index (κ3) is 7.54. The van der Waals surface area contributed by atoms with Gasteiger partial charge in [0.1, 0.15) is 24.3 Å². The van der Waals surface area contributed by atoms with E-state index in [1.807, 2.05) is 4.98 Å². The Labute approximate surface area is 206 Å². The molecule has 0 saturated carbocycles. The van der Waals surface area contributed by atoms with Crippen LogP contribution in [-0.2, 0) is 32.9 Å². The van der Waals surface area contributed by atoms with E-state index >= 15 is 4.39 Å². The number of rotatable bonds is 12. The molecule has 1 aliphatic heterocycles. The molecule has 1 fully saturated rings. The molecule has 4 N–H and O–H groups in total. The summed E-state index contributed by atoms with van der Waals surface area (Å²) in [5, 5.41) is 15.5. The van der Waals surface area contributed by atoms with Gasteiger partial charge in [-0.05, 0) is 34.6 Å². The lowest BCUT2D eigenvalue weighted by Gasteiger charge is -2.28. The van der Waals surface area contributed by atoms with Crippen LogP contribution in [0.4, 0.5) is 4.39 Å². The van der Waals surface area contributed by atoms with Crippen LogP contribution in [-0.4, -0.2) is 70.0 Å². The molecule has 0 aliphatic carbocycles. The number of alkyl halides is 1. The number of esters is 2. The lowest BCUT2D eigenvalue weighted by atomic mass is 9.99. The molecule has 0 spiro atoms. The predicted octanol–water partition coefficient (Wildman–Crippen LogP) is 0.0794. The molecule has 0 amide bonds. The van der Waals surface area contributed by atoms with Crippen molar-refractivity contribution in [1.29, 1.82) is 0 Å². The van der Waals surface area contributed by atoms with Crippen LogP contribution in [0.5, 0.6) is 0 Å². The van der Waals surface area contributed by atoms with Gasteiger partial charge < -0.3 is 23.8 Å². The number of carbonyl (C=O) groups is 2. The quantitative estimate of drug-likeness (QED) is 0.208. The second-order valence-electron chi connectivity index (χ2n) is 8.44. The minimum absolute atomic E-state index is 0.0463. The third-order valence-corrected chi connectivity index (χ3v) is 7.00. The van der Waals surface area contributed by atoms with Crippen molar-refractivity contribution >= 4 is 19.6 Å². The van der Waals surface area contributed by atoms with E-state index in [9.17, 15) is 28.8 Å². The zero-order valence-electron chi connectivity index (χ0n) is 20.6. The number of halogens is 1.